The van der Waals surface area contributed by atoms with Gasteiger partial charge in [-0.2, -0.15) is 21.6 Å². The first-order chi connectivity index (χ1) is 45.8. The minimum atomic E-state index is -5.78. The fraction of sp³-hybridized carbons (Fsp3) is 0.299. The van der Waals surface area contributed by atoms with Crippen LogP contribution >= 0.6 is 34.8 Å². The van der Waals surface area contributed by atoms with Gasteiger partial charge in [0, 0.05) is 96.7 Å². The molecule has 3 aliphatic heterocycles. The van der Waals surface area contributed by atoms with Crippen LogP contribution in [0, 0.1) is 20.8 Å². The van der Waals surface area contributed by atoms with Gasteiger partial charge in [-0.05, 0) is 97.0 Å². The molecule has 9 aromatic carbocycles. The smallest absolute Gasteiger partial charge is 0.508 e. The second kappa shape index (κ2) is 32.8. The maximum atomic E-state index is 12.7. The van der Waals surface area contributed by atoms with Gasteiger partial charge in [0.05, 0.1) is 56.9 Å². The highest BCUT2D eigenvalue weighted by Crippen LogP contribution is 2.42. The summed E-state index contributed by atoms with van der Waals surface area (Å²) in [5, 5.41) is 11.2. The van der Waals surface area contributed by atoms with Gasteiger partial charge in [0.15, 0.2) is 0 Å². The molecular weight excluding hydrogens is 1280 g/mol. The van der Waals surface area contributed by atoms with Crippen molar-refractivity contribution in [1.82, 2.24) is 14.7 Å². The Hall–Kier alpha value is -7.73. The maximum Gasteiger partial charge on any atom is 0.534 e. The highest BCUT2D eigenvalue weighted by molar-refractivity contribution is 7.88. The number of rotatable bonds is 18. The number of aryl methyl sites for hydroxylation is 3. The fourth-order valence-corrected chi connectivity index (χ4v) is 13.7. The van der Waals surface area contributed by atoms with E-state index in [1.54, 1.807) is 12.1 Å². The maximum absolute atomic E-state index is 12.7. The number of halogens is 6. The quantitative estimate of drug-likeness (QED) is 0.0506. The van der Waals surface area contributed by atoms with Gasteiger partial charge in [0.2, 0.25) is 0 Å². The van der Waals surface area contributed by atoms with Gasteiger partial charge in [-0.15, -0.1) is 0 Å². The fourth-order valence-electron chi connectivity index (χ4n) is 12.4. The number of unbranched alkanes of at least 4 members (excludes halogenated alkanes) is 1. The van der Waals surface area contributed by atoms with Gasteiger partial charge in [-0.1, -0.05) is 229 Å². The van der Waals surface area contributed by atoms with Crippen LogP contribution in [0.4, 0.5) is 30.2 Å². The Morgan fingerprint density at radius 3 is 1.13 bits per heavy atom. The summed E-state index contributed by atoms with van der Waals surface area (Å²) in [5.74, 6) is 0.552. The summed E-state index contributed by atoms with van der Waals surface area (Å²) in [6, 6.07) is 72.9. The van der Waals surface area contributed by atoms with Crippen LogP contribution in [0.3, 0.4) is 0 Å². The first-order valence-electron chi connectivity index (χ1n) is 32.3. The molecule has 498 valence electrons. The Morgan fingerprint density at radius 2 is 0.789 bits per heavy atom. The van der Waals surface area contributed by atoms with Gasteiger partial charge in [0.1, 0.15) is 17.2 Å². The SMILES string of the molecule is CCCCOc1ccc(N2CCN(Cc3ccccc3)C[C@H]2c2ccc(C)cc2)c(Cl)c1.Cc1ccc([C@@H]2CN(Cc3ccccc3)CCN2c2ccc(O)cc2Cl)cc1.Cc1ccc([C@@H]2CN(Cc3ccccc3)CCN2c2ccc(OS(=O)(=O)C(F)(F)F)cc2Cl)cc1. The van der Waals surface area contributed by atoms with E-state index in [1.807, 2.05) is 49.4 Å². The molecule has 11 nitrogen and oxygen atoms in total. The van der Waals surface area contributed by atoms with E-state index < -0.39 is 21.4 Å². The lowest BCUT2D eigenvalue weighted by molar-refractivity contribution is -0.0500. The Labute approximate surface area is 573 Å². The number of aromatic hydroxyl groups is 1. The lowest BCUT2D eigenvalue weighted by Gasteiger charge is -2.43. The molecule has 18 heteroatoms. The van der Waals surface area contributed by atoms with Crippen molar-refractivity contribution in [3.8, 4) is 17.2 Å². The van der Waals surface area contributed by atoms with E-state index in [4.69, 9.17) is 39.5 Å². The highest BCUT2D eigenvalue weighted by atomic mass is 35.5. The third kappa shape index (κ3) is 19.1. The zero-order chi connectivity index (χ0) is 67.1. The number of benzene rings is 9. The molecule has 3 atom stereocenters. The van der Waals surface area contributed by atoms with Crippen LogP contribution in [-0.2, 0) is 29.8 Å². The number of hydrogen-bond donors (Lipinski definition) is 1. The molecule has 3 heterocycles. The Kier molecular flexibility index (Phi) is 24.2. The highest BCUT2D eigenvalue weighted by Gasteiger charge is 2.48. The van der Waals surface area contributed by atoms with Crippen molar-refractivity contribution < 1.29 is 35.6 Å². The summed E-state index contributed by atoms with van der Waals surface area (Å²) in [6.45, 7) is 19.6. The first kappa shape index (κ1) is 70.1. The predicted octanol–water partition coefficient (Wildman–Crippen LogP) is 18.2. The summed E-state index contributed by atoms with van der Waals surface area (Å²) in [5.41, 5.74) is 8.37. The first-order valence-corrected chi connectivity index (χ1v) is 34.8. The number of phenolic OH excluding ortho intramolecular Hbond substituents is 1. The van der Waals surface area contributed by atoms with E-state index in [2.05, 4.69) is 200 Å². The number of alkyl halides is 3. The van der Waals surface area contributed by atoms with Crippen molar-refractivity contribution in [2.24, 2.45) is 0 Å². The topological polar surface area (TPSA) is 92.3 Å². The molecule has 0 amide bonds. The third-order valence-electron chi connectivity index (χ3n) is 17.5. The third-order valence-corrected chi connectivity index (χ3v) is 19.4. The number of hydrogen-bond acceptors (Lipinski definition) is 11. The lowest BCUT2D eigenvalue weighted by atomic mass is 9.99. The van der Waals surface area contributed by atoms with E-state index in [9.17, 15) is 26.7 Å². The normalized spacial score (nSPS) is 17.3. The van der Waals surface area contributed by atoms with Gasteiger partial charge < -0.3 is 28.7 Å². The second-order valence-electron chi connectivity index (χ2n) is 24.6. The molecule has 3 saturated heterocycles. The van der Waals surface area contributed by atoms with E-state index in [0.717, 1.165) is 124 Å². The van der Waals surface area contributed by atoms with Gasteiger partial charge >= 0.3 is 15.6 Å². The number of nitrogens with zero attached hydrogens (tertiary/aromatic N) is 6. The molecule has 3 aliphatic rings. The minimum Gasteiger partial charge on any atom is -0.508 e. The molecule has 1 N–H and O–H groups in total. The summed E-state index contributed by atoms with van der Waals surface area (Å²) in [7, 11) is -5.78. The van der Waals surface area contributed by atoms with Gasteiger partial charge in [0.25, 0.3) is 0 Å². The van der Waals surface area contributed by atoms with Crippen LogP contribution < -0.4 is 23.6 Å². The summed E-state index contributed by atoms with van der Waals surface area (Å²) in [4.78, 5) is 14.3. The zero-order valence-corrected chi connectivity index (χ0v) is 57.1. The molecule has 0 aliphatic carbocycles. The standard InChI is InChI=1S/C28H33ClN2O.C25H24ClF3N2O3S.C24H25ClN2O/c1-3-4-18-32-25-14-15-27(26(29)19-25)31-17-16-30(20-23-8-6-5-7-9-23)21-28(31)24-12-10-22(2)11-13-24;1-18-7-9-20(10-8-18)24-17-30(16-19-5-3-2-4-6-19)13-14-31(24)23-12-11-21(15-22(23)26)34-35(32,33)25(27,28)29;1-18-7-9-20(10-8-18)24-17-26(16-19-5-3-2-4-6-19)13-14-27(24)23-12-11-21(28)15-22(23)25/h5-15,19,28H,3-4,16-18,20-21H2,1-2H3;2-12,15,24H,13-14,16-17H2,1H3;2-12,15,24,28H,13-14,16-17H2,1H3/t28-;2*24-/m000/s1. The summed E-state index contributed by atoms with van der Waals surface area (Å²) >= 11 is 19.7. The van der Waals surface area contributed by atoms with Gasteiger partial charge in [-0.3, -0.25) is 14.7 Å². The molecule has 0 unspecified atom stereocenters. The van der Waals surface area contributed by atoms with Crippen LogP contribution in [0.5, 0.6) is 17.2 Å². The van der Waals surface area contributed by atoms with Crippen molar-refractivity contribution in [2.75, 3.05) is 80.2 Å². The summed E-state index contributed by atoms with van der Waals surface area (Å²) < 4.78 is 70.9. The minimum absolute atomic E-state index is 0.0729. The Morgan fingerprint density at radius 1 is 0.453 bits per heavy atom. The van der Waals surface area contributed by atoms with Crippen molar-refractivity contribution >= 4 is 62.0 Å². The van der Waals surface area contributed by atoms with Crippen molar-refractivity contribution in [1.29, 1.82) is 0 Å². The van der Waals surface area contributed by atoms with Crippen LogP contribution in [0.1, 0.15) is 88.0 Å². The van der Waals surface area contributed by atoms with Crippen LogP contribution in [0.15, 0.2) is 218 Å². The van der Waals surface area contributed by atoms with E-state index in [0.29, 0.717) is 23.8 Å². The van der Waals surface area contributed by atoms with E-state index in [1.165, 1.54) is 51.1 Å². The molecule has 95 heavy (non-hydrogen) atoms. The largest absolute Gasteiger partial charge is 0.534 e. The monoisotopic (exact) mass is 1360 g/mol. The van der Waals surface area contributed by atoms with Crippen molar-refractivity contribution in [3.63, 3.8) is 0 Å². The number of phenols is 1. The van der Waals surface area contributed by atoms with Gasteiger partial charge in [-0.25, -0.2) is 0 Å². The Bertz CT molecular complexity index is 4020. The number of piperazine rings is 3. The van der Waals surface area contributed by atoms with E-state index >= 15 is 0 Å². The van der Waals surface area contributed by atoms with Crippen molar-refractivity contribution in [3.05, 3.63) is 284 Å². The van der Waals surface area contributed by atoms with Crippen LogP contribution in [0.2, 0.25) is 15.1 Å². The average Bonchev–Trinajstić information content (AvgIpc) is 0.816. The van der Waals surface area contributed by atoms with E-state index in [-0.39, 0.29) is 28.9 Å². The molecule has 3 fully saturated rings. The molecule has 12 rings (SSSR count). The number of ether oxygens (including phenoxy) is 1. The van der Waals surface area contributed by atoms with Crippen LogP contribution in [-0.4, -0.2) is 99.2 Å². The molecule has 0 radical (unpaired) electrons. The van der Waals surface area contributed by atoms with Crippen molar-refractivity contribution in [2.45, 2.75) is 83.8 Å². The molecule has 0 spiro atoms. The molecule has 0 aromatic heterocycles. The lowest BCUT2D eigenvalue weighted by Crippen LogP contribution is -2.48. The zero-order valence-electron chi connectivity index (χ0n) is 54.1. The molecule has 9 aromatic rings. The Balaban J connectivity index is 0.000000156. The van der Waals surface area contributed by atoms with Crippen LogP contribution in [0.25, 0.3) is 0 Å². The molecule has 0 saturated carbocycles. The average molecular weight is 1370 g/mol. The second-order valence-corrected chi connectivity index (χ2v) is 27.3. The number of anilines is 3. The summed E-state index contributed by atoms with van der Waals surface area (Å²) in [6.07, 6.45) is 2.18. The predicted molar refractivity (Wildman–Crippen MR) is 381 cm³/mol. The molecule has 0 bridgehead atoms. The molecular formula is C77H82Cl3F3N6O5S.